The smallest absolute Gasteiger partial charge is 0.0746 e. The van der Waals surface area contributed by atoms with Gasteiger partial charge in [0.1, 0.15) is 0 Å². The summed E-state index contributed by atoms with van der Waals surface area (Å²) in [7, 11) is 0. The predicted molar refractivity (Wildman–Crippen MR) is 89.5 cm³/mol. The number of nitrogens with one attached hydrogen (secondary N) is 1. The van der Waals surface area contributed by atoms with Crippen LogP contribution in [0.5, 0.6) is 0 Å². The number of aliphatic hydroxyl groups is 1. The normalized spacial score (nSPS) is 25.8. The molecule has 0 aliphatic heterocycles. The molecule has 2 rings (SSSR count). The second kappa shape index (κ2) is 7.42. The highest BCUT2D eigenvalue weighted by Gasteiger charge is 2.29. The monoisotopic (exact) mass is 289 g/mol. The molecule has 1 fully saturated rings. The molecule has 0 spiro atoms. The summed E-state index contributed by atoms with van der Waals surface area (Å²) in [6, 6.07) is 11.3. The summed E-state index contributed by atoms with van der Waals surface area (Å²) in [6.45, 7) is 6.99. The van der Waals surface area contributed by atoms with Gasteiger partial charge in [0.25, 0.3) is 0 Å². The molecule has 21 heavy (non-hydrogen) atoms. The van der Waals surface area contributed by atoms with Gasteiger partial charge in [0, 0.05) is 12.6 Å². The molecule has 3 atom stereocenters. The van der Waals surface area contributed by atoms with Crippen LogP contribution in [-0.4, -0.2) is 23.3 Å². The first-order valence-electron chi connectivity index (χ1n) is 8.49. The van der Waals surface area contributed by atoms with Gasteiger partial charge in [-0.3, -0.25) is 0 Å². The van der Waals surface area contributed by atoms with Crippen LogP contribution in [0.4, 0.5) is 0 Å². The van der Waals surface area contributed by atoms with Crippen LogP contribution in [0, 0.1) is 5.92 Å². The molecular formula is C19H31NO. The highest BCUT2D eigenvalue weighted by atomic mass is 16.3. The summed E-state index contributed by atoms with van der Waals surface area (Å²) >= 11 is 0. The fourth-order valence-corrected chi connectivity index (χ4v) is 3.78. The molecule has 2 heteroatoms. The minimum absolute atomic E-state index is 0.500. The molecule has 1 saturated carbocycles. The number of hydrogen-bond acceptors (Lipinski definition) is 2. The van der Waals surface area contributed by atoms with Crippen molar-refractivity contribution in [3.63, 3.8) is 0 Å². The topological polar surface area (TPSA) is 32.3 Å². The molecule has 0 heterocycles. The summed E-state index contributed by atoms with van der Waals surface area (Å²) < 4.78 is 0. The Kier molecular flexibility index (Phi) is 5.83. The molecule has 1 aliphatic carbocycles. The van der Waals surface area contributed by atoms with Crippen LogP contribution in [0.1, 0.15) is 64.4 Å². The van der Waals surface area contributed by atoms with Gasteiger partial charge in [0.15, 0.2) is 0 Å². The van der Waals surface area contributed by atoms with Crippen LogP contribution in [0.25, 0.3) is 0 Å². The summed E-state index contributed by atoms with van der Waals surface area (Å²) in [5.41, 5.74) is 0.838. The van der Waals surface area contributed by atoms with Crippen molar-refractivity contribution in [2.75, 3.05) is 6.54 Å². The zero-order valence-corrected chi connectivity index (χ0v) is 13.8. The van der Waals surface area contributed by atoms with Crippen molar-refractivity contribution < 1.29 is 5.11 Å². The van der Waals surface area contributed by atoms with Crippen LogP contribution in [-0.2, 0) is 0 Å². The Morgan fingerprint density at radius 2 is 1.86 bits per heavy atom. The van der Waals surface area contributed by atoms with Crippen LogP contribution < -0.4 is 5.32 Å². The van der Waals surface area contributed by atoms with Crippen molar-refractivity contribution in [3.05, 3.63) is 35.9 Å². The van der Waals surface area contributed by atoms with E-state index in [0.29, 0.717) is 24.4 Å². The third-order valence-electron chi connectivity index (χ3n) is 4.59. The zero-order chi connectivity index (χ0) is 15.3. The van der Waals surface area contributed by atoms with Crippen molar-refractivity contribution >= 4 is 0 Å². The Hall–Kier alpha value is -0.860. The number of rotatable bonds is 6. The Morgan fingerprint density at radius 3 is 2.52 bits per heavy atom. The van der Waals surface area contributed by atoms with Gasteiger partial charge in [-0.25, -0.2) is 0 Å². The van der Waals surface area contributed by atoms with E-state index in [4.69, 9.17) is 0 Å². The van der Waals surface area contributed by atoms with Gasteiger partial charge in [-0.05, 0) is 43.6 Å². The lowest BCUT2D eigenvalue weighted by atomic mass is 9.79. The Morgan fingerprint density at radius 1 is 1.19 bits per heavy atom. The van der Waals surface area contributed by atoms with Gasteiger partial charge in [-0.1, -0.05) is 57.0 Å². The third-order valence-corrected chi connectivity index (χ3v) is 4.59. The van der Waals surface area contributed by atoms with E-state index in [-0.39, 0.29) is 0 Å². The minimum atomic E-state index is -0.604. The maximum Gasteiger partial charge on any atom is 0.0746 e. The van der Waals surface area contributed by atoms with Gasteiger partial charge >= 0.3 is 0 Å². The molecule has 2 nitrogen and oxygen atoms in total. The van der Waals surface area contributed by atoms with Crippen molar-refractivity contribution in [3.8, 4) is 0 Å². The summed E-state index contributed by atoms with van der Waals surface area (Å²) in [4.78, 5) is 0. The molecular weight excluding hydrogens is 258 g/mol. The maximum absolute atomic E-state index is 10.5. The second-order valence-electron chi connectivity index (χ2n) is 7.38. The fourth-order valence-electron chi connectivity index (χ4n) is 3.78. The highest BCUT2D eigenvalue weighted by molar-refractivity contribution is 5.22. The van der Waals surface area contributed by atoms with Crippen molar-refractivity contribution in [2.24, 2.45) is 5.92 Å². The molecule has 0 radical (unpaired) electrons. The Bertz CT molecular complexity index is 413. The van der Waals surface area contributed by atoms with Crippen molar-refractivity contribution in [1.82, 2.24) is 5.32 Å². The van der Waals surface area contributed by atoms with Gasteiger partial charge in [-0.15, -0.1) is 0 Å². The van der Waals surface area contributed by atoms with E-state index in [0.717, 1.165) is 6.42 Å². The number of benzene rings is 1. The van der Waals surface area contributed by atoms with Crippen LogP contribution in [0.15, 0.2) is 30.3 Å². The first kappa shape index (κ1) is 16.5. The molecule has 2 N–H and O–H groups in total. The predicted octanol–water partition coefficient (Wildman–Crippen LogP) is 4.10. The van der Waals surface area contributed by atoms with Gasteiger partial charge in [-0.2, -0.15) is 0 Å². The van der Waals surface area contributed by atoms with Crippen LogP contribution in [0.2, 0.25) is 0 Å². The summed E-state index contributed by atoms with van der Waals surface area (Å²) in [6.07, 6.45) is 5.95. The molecule has 0 amide bonds. The van der Waals surface area contributed by atoms with E-state index in [2.05, 4.69) is 49.5 Å². The standard InChI is InChI=1S/C19H31NO/c1-15(2)13-19(3,21)14-20-18-12-8-7-11-17(18)16-9-5-4-6-10-16/h4-6,9-10,15,17-18,20-21H,7-8,11-14H2,1-3H3. The summed E-state index contributed by atoms with van der Waals surface area (Å²) in [5, 5.41) is 14.2. The van der Waals surface area contributed by atoms with E-state index in [1.54, 1.807) is 0 Å². The molecule has 118 valence electrons. The van der Waals surface area contributed by atoms with Gasteiger partial charge in [0.05, 0.1) is 5.60 Å². The third kappa shape index (κ3) is 5.12. The molecule has 1 aliphatic rings. The first-order valence-corrected chi connectivity index (χ1v) is 8.49. The fraction of sp³-hybridized carbons (Fsp3) is 0.684. The average molecular weight is 289 g/mol. The van der Waals surface area contributed by atoms with E-state index in [9.17, 15) is 5.11 Å². The average Bonchev–Trinajstić information content (AvgIpc) is 2.45. The van der Waals surface area contributed by atoms with Crippen LogP contribution >= 0.6 is 0 Å². The molecule has 0 saturated heterocycles. The molecule has 1 aromatic rings. The quantitative estimate of drug-likeness (QED) is 0.826. The second-order valence-corrected chi connectivity index (χ2v) is 7.38. The van der Waals surface area contributed by atoms with E-state index in [1.807, 2.05) is 6.92 Å². The molecule has 0 bridgehead atoms. The SMILES string of the molecule is CC(C)CC(C)(O)CNC1CCCCC1c1ccccc1. The lowest BCUT2D eigenvalue weighted by molar-refractivity contribution is 0.0337. The lowest BCUT2D eigenvalue weighted by Gasteiger charge is -2.35. The Balaban J connectivity index is 1.96. The largest absolute Gasteiger partial charge is 0.389 e. The van der Waals surface area contributed by atoms with Gasteiger partial charge < -0.3 is 10.4 Å². The molecule has 0 aromatic heterocycles. The highest BCUT2D eigenvalue weighted by Crippen LogP contribution is 2.33. The van der Waals surface area contributed by atoms with Crippen molar-refractivity contribution in [2.45, 2.75) is 70.4 Å². The van der Waals surface area contributed by atoms with Crippen molar-refractivity contribution in [1.29, 1.82) is 0 Å². The van der Waals surface area contributed by atoms with E-state index < -0.39 is 5.60 Å². The Labute approximate surface area is 130 Å². The van der Waals surface area contributed by atoms with Crippen LogP contribution in [0.3, 0.4) is 0 Å². The maximum atomic E-state index is 10.5. The zero-order valence-electron chi connectivity index (χ0n) is 13.8. The first-order chi connectivity index (χ1) is 9.98. The van der Waals surface area contributed by atoms with Gasteiger partial charge in [0.2, 0.25) is 0 Å². The molecule has 3 unspecified atom stereocenters. The minimum Gasteiger partial charge on any atom is -0.389 e. The molecule has 1 aromatic carbocycles. The summed E-state index contributed by atoms with van der Waals surface area (Å²) in [5.74, 6) is 1.12. The van der Waals surface area contributed by atoms with E-state index in [1.165, 1.54) is 31.2 Å². The lowest BCUT2D eigenvalue weighted by Crippen LogP contribution is -2.46. The van der Waals surface area contributed by atoms with E-state index >= 15 is 0 Å². The number of hydrogen-bond donors (Lipinski definition) is 2.